The van der Waals surface area contributed by atoms with Gasteiger partial charge in [0.05, 0.1) is 5.92 Å². The molecule has 4 rings (SSSR count). The predicted molar refractivity (Wildman–Crippen MR) is 92.3 cm³/mol. The van der Waals surface area contributed by atoms with Gasteiger partial charge in [0.25, 0.3) is 0 Å². The molecule has 126 valence electrons. The van der Waals surface area contributed by atoms with Gasteiger partial charge in [0, 0.05) is 30.3 Å². The summed E-state index contributed by atoms with van der Waals surface area (Å²) < 4.78 is 5.85. The number of aromatic nitrogens is 1. The molecule has 2 aromatic carbocycles. The third-order valence-electron chi connectivity index (χ3n) is 4.42. The predicted octanol–water partition coefficient (Wildman–Crippen LogP) is 3.24. The molecule has 1 N–H and O–H groups in total. The Bertz CT molecular complexity index is 992. The number of carbonyl (C=O) groups is 2. The molecule has 0 bridgehead atoms. The summed E-state index contributed by atoms with van der Waals surface area (Å²) in [4.78, 5) is 29.2. The molecule has 1 fully saturated rings. The quantitative estimate of drug-likeness (QED) is 0.794. The zero-order chi connectivity index (χ0) is 17.6. The third-order valence-corrected chi connectivity index (χ3v) is 4.42. The number of aryl methyl sites for hydroxylation is 1. The summed E-state index contributed by atoms with van der Waals surface area (Å²) in [5.74, 6) is -1.28. The Labute approximate surface area is 143 Å². The minimum atomic E-state index is -0.946. The normalized spacial score (nSPS) is 17.4. The lowest BCUT2D eigenvalue weighted by molar-refractivity contribution is -0.141. The van der Waals surface area contributed by atoms with Crippen LogP contribution in [0.5, 0.6) is 0 Å². The average molecular weight is 336 g/mol. The fraction of sp³-hybridized carbons (Fsp3) is 0.211. The summed E-state index contributed by atoms with van der Waals surface area (Å²) in [6, 6.07) is 13.2. The number of amides is 1. The van der Waals surface area contributed by atoms with Gasteiger partial charge in [-0.2, -0.15) is 0 Å². The SMILES string of the molecule is Cc1cccc(-c2nc3ccc(N4CC(C(=O)O)CC4=O)cc3o2)c1. The lowest BCUT2D eigenvalue weighted by Gasteiger charge is -2.15. The van der Waals surface area contributed by atoms with E-state index in [4.69, 9.17) is 9.52 Å². The Morgan fingerprint density at radius 2 is 2.12 bits per heavy atom. The first kappa shape index (κ1) is 15.4. The smallest absolute Gasteiger partial charge is 0.308 e. The summed E-state index contributed by atoms with van der Waals surface area (Å²) >= 11 is 0. The van der Waals surface area contributed by atoms with Crippen LogP contribution < -0.4 is 4.90 Å². The molecule has 0 radical (unpaired) electrons. The topological polar surface area (TPSA) is 83.6 Å². The number of carbonyl (C=O) groups excluding carboxylic acids is 1. The number of aliphatic carboxylic acids is 1. The molecule has 1 unspecified atom stereocenters. The first-order valence-corrected chi connectivity index (χ1v) is 8.02. The fourth-order valence-electron chi connectivity index (χ4n) is 3.11. The first-order valence-electron chi connectivity index (χ1n) is 8.02. The van der Waals surface area contributed by atoms with Crippen molar-refractivity contribution in [3.05, 3.63) is 48.0 Å². The second kappa shape index (κ2) is 5.73. The molecule has 1 atom stereocenters. The lowest BCUT2D eigenvalue weighted by atomic mass is 10.1. The molecule has 0 aliphatic carbocycles. The van der Waals surface area contributed by atoms with Crippen LogP contribution in [-0.2, 0) is 9.59 Å². The highest BCUT2D eigenvalue weighted by Crippen LogP contribution is 2.31. The number of oxazole rings is 1. The number of rotatable bonds is 3. The molecule has 3 aromatic rings. The van der Waals surface area contributed by atoms with Crippen molar-refractivity contribution in [2.45, 2.75) is 13.3 Å². The second-order valence-corrected chi connectivity index (χ2v) is 6.28. The molecule has 1 saturated heterocycles. The van der Waals surface area contributed by atoms with Crippen molar-refractivity contribution in [3.63, 3.8) is 0 Å². The van der Waals surface area contributed by atoms with Crippen molar-refractivity contribution in [1.82, 2.24) is 4.98 Å². The van der Waals surface area contributed by atoms with Crippen molar-refractivity contribution < 1.29 is 19.1 Å². The molecule has 1 aromatic heterocycles. The van der Waals surface area contributed by atoms with Crippen molar-refractivity contribution >= 4 is 28.7 Å². The molecule has 0 saturated carbocycles. The Balaban J connectivity index is 1.69. The van der Waals surface area contributed by atoms with Gasteiger partial charge in [-0.25, -0.2) is 4.98 Å². The van der Waals surface area contributed by atoms with Gasteiger partial charge >= 0.3 is 5.97 Å². The number of carboxylic acid groups (broad SMARTS) is 1. The van der Waals surface area contributed by atoms with Crippen LogP contribution in [0, 0.1) is 12.8 Å². The van der Waals surface area contributed by atoms with Crippen LogP contribution in [0.3, 0.4) is 0 Å². The molecule has 6 nitrogen and oxygen atoms in total. The zero-order valence-electron chi connectivity index (χ0n) is 13.6. The monoisotopic (exact) mass is 336 g/mol. The number of carboxylic acids is 1. The highest BCUT2D eigenvalue weighted by molar-refractivity contribution is 6.00. The molecule has 1 aliphatic rings. The molecule has 2 heterocycles. The van der Waals surface area contributed by atoms with E-state index in [1.165, 1.54) is 4.90 Å². The van der Waals surface area contributed by atoms with Gasteiger partial charge in [-0.15, -0.1) is 0 Å². The minimum absolute atomic E-state index is 0.0261. The van der Waals surface area contributed by atoms with Gasteiger partial charge < -0.3 is 14.4 Å². The molecular weight excluding hydrogens is 320 g/mol. The van der Waals surface area contributed by atoms with Crippen LogP contribution in [0.15, 0.2) is 46.9 Å². The third kappa shape index (κ3) is 2.76. The van der Waals surface area contributed by atoms with Crippen molar-refractivity contribution in [1.29, 1.82) is 0 Å². The number of benzene rings is 2. The number of fused-ring (bicyclic) bond motifs is 1. The summed E-state index contributed by atoms with van der Waals surface area (Å²) in [6.45, 7) is 2.18. The summed E-state index contributed by atoms with van der Waals surface area (Å²) in [6.07, 6.45) is 0.0261. The van der Waals surface area contributed by atoms with Crippen LogP contribution >= 0.6 is 0 Å². The maximum Gasteiger partial charge on any atom is 0.308 e. The molecule has 0 spiro atoms. The number of nitrogens with zero attached hydrogens (tertiary/aromatic N) is 2. The van der Waals surface area contributed by atoms with Gasteiger partial charge in [-0.3, -0.25) is 9.59 Å². The van der Waals surface area contributed by atoms with E-state index in [0.29, 0.717) is 22.7 Å². The molecular formula is C19H16N2O4. The molecule has 6 heteroatoms. The maximum atomic E-state index is 12.1. The molecule has 1 amide bonds. The number of hydrogen-bond donors (Lipinski definition) is 1. The minimum Gasteiger partial charge on any atom is -0.481 e. The van der Waals surface area contributed by atoms with Crippen molar-refractivity contribution in [3.8, 4) is 11.5 Å². The van der Waals surface area contributed by atoms with Crippen LogP contribution in [0.2, 0.25) is 0 Å². The van der Waals surface area contributed by atoms with E-state index in [-0.39, 0.29) is 18.9 Å². The average Bonchev–Trinajstić information content (AvgIpc) is 3.17. The fourth-order valence-corrected chi connectivity index (χ4v) is 3.11. The van der Waals surface area contributed by atoms with E-state index < -0.39 is 11.9 Å². The van der Waals surface area contributed by atoms with Gasteiger partial charge in [-0.1, -0.05) is 17.7 Å². The summed E-state index contributed by atoms with van der Waals surface area (Å²) in [5.41, 5.74) is 3.90. The summed E-state index contributed by atoms with van der Waals surface area (Å²) in [7, 11) is 0. The first-order chi connectivity index (χ1) is 12.0. The van der Waals surface area contributed by atoms with Crippen LogP contribution in [0.4, 0.5) is 5.69 Å². The molecule has 1 aliphatic heterocycles. The standard InChI is InChI=1S/C19H16N2O4/c1-11-3-2-4-12(7-11)18-20-15-6-5-14(9-16(15)25-18)21-10-13(19(23)24)8-17(21)22/h2-7,9,13H,8,10H2,1H3,(H,23,24). The van der Waals surface area contributed by atoms with Gasteiger partial charge in [0.2, 0.25) is 11.8 Å². The zero-order valence-corrected chi connectivity index (χ0v) is 13.6. The van der Waals surface area contributed by atoms with E-state index >= 15 is 0 Å². The van der Waals surface area contributed by atoms with Gasteiger partial charge in [-0.05, 0) is 31.2 Å². The highest BCUT2D eigenvalue weighted by atomic mass is 16.4. The number of anilines is 1. The van der Waals surface area contributed by atoms with E-state index in [1.807, 2.05) is 31.2 Å². The van der Waals surface area contributed by atoms with Gasteiger partial charge in [0.15, 0.2) is 5.58 Å². The van der Waals surface area contributed by atoms with Crippen molar-refractivity contribution in [2.75, 3.05) is 11.4 Å². The Morgan fingerprint density at radius 3 is 2.84 bits per heavy atom. The van der Waals surface area contributed by atoms with Crippen LogP contribution in [-0.4, -0.2) is 28.5 Å². The Morgan fingerprint density at radius 1 is 1.28 bits per heavy atom. The number of hydrogen-bond acceptors (Lipinski definition) is 4. The highest BCUT2D eigenvalue weighted by Gasteiger charge is 2.35. The summed E-state index contributed by atoms with van der Waals surface area (Å²) in [5, 5.41) is 9.11. The van der Waals surface area contributed by atoms with Gasteiger partial charge in [0.1, 0.15) is 5.52 Å². The van der Waals surface area contributed by atoms with Crippen LogP contribution in [0.25, 0.3) is 22.6 Å². The Kier molecular flexibility index (Phi) is 3.53. The maximum absolute atomic E-state index is 12.1. The van der Waals surface area contributed by atoms with Crippen LogP contribution in [0.1, 0.15) is 12.0 Å². The van der Waals surface area contributed by atoms with E-state index in [1.54, 1.807) is 18.2 Å². The van der Waals surface area contributed by atoms with Crippen molar-refractivity contribution in [2.24, 2.45) is 5.92 Å². The lowest BCUT2D eigenvalue weighted by Crippen LogP contribution is -2.25. The Hall–Kier alpha value is -3.15. The largest absolute Gasteiger partial charge is 0.481 e. The molecule has 25 heavy (non-hydrogen) atoms. The second-order valence-electron chi connectivity index (χ2n) is 6.28. The van der Waals surface area contributed by atoms with E-state index in [2.05, 4.69) is 4.98 Å². The van der Waals surface area contributed by atoms with E-state index in [9.17, 15) is 9.59 Å². The van der Waals surface area contributed by atoms with E-state index in [0.717, 1.165) is 11.1 Å².